The molecule has 0 saturated carbocycles. The molecule has 0 aliphatic carbocycles. The van der Waals surface area contributed by atoms with Crippen LogP contribution in [-0.4, -0.2) is 9.13 Å². The molecule has 0 radical (unpaired) electrons. The van der Waals surface area contributed by atoms with Crippen molar-refractivity contribution in [3.05, 3.63) is 194 Å². The molecule has 9 aromatic carbocycles. The molecule has 13 rings (SSSR count). The number of furan rings is 2. The minimum Gasteiger partial charge on any atom is -0.454 e. The first-order valence-electron chi connectivity index (χ1n) is 23.4. The van der Waals surface area contributed by atoms with E-state index in [2.05, 4.69) is 225 Å². The van der Waals surface area contributed by atoms with E-state index in [9.17, 15) is 0 Å². The first-order chi connectivity index (χ1) is 32.4. The summed E-state index contributed by atoms with van der Waals surface area (Å²) in [4.78, 5) is 0. The second-order valence-corrected chi connectivity index (χ2v) is 19.0. The van der Waals surface area contributed by atoms with Crippen LogP contribution in [0.25, 0.3) is 121 Å². The van der Waals surface area contributed by atoms with Crippen molar-refractivity contribution in [1.29, 1.82) is 0 Å². The van der Waals surface area contributed by atoms with E-state index < -0.39 is 0 Å². The van der Waals surface area contributed by atoms with Crippen LogP contribution in [0.5, 0.6) is 0 Å². The molecule has 4 heteroatoms. The highest BCUT2D eigenvalue weighted by atomic mass is 16.3. The summed E-state index contributed by atoms with van der Waals surface area (Å²) in [5.41, 5.74) is 16.5. The lowest BCUT2D eigenvalue weighted by Gasteiger charge is -2.25. The van der Waals surface area contributed by atoms with Crippen LogP contribution in [0.1, 0.15) is 45.6 Å². The van der Waals surface area contributed by atoms with Crippen molar-refractivity contribution in [3.63, 3.8) is 0 Å². The molecule has 318 valence electrons. The monoisotopic (exact) mass is 852 g/mol. The zero-order valence-corrected chi connectivity index (χ0v) is 37.5. The van der Waals surface area contributed by atoms with E-state index in [1.807, 2.05) is 0 Å². The molecule has 0 amide bonds. The Morgan fingerprint density at radius 2 is 0.758 bits per heavy atom. The third-order valence-corrected chi connectivity index (χ3v) is 14.2. The molecule has 0 spiro atoms. The lowest BCUT2D eigenvalue weighted by molar-refractivity contribution is 0.408. The van der Waals surface area contributed by atoms with E-state index in [1.54, 1.807) is 0 Å². The van der Waals surface area contributed by atoms with Crippen LogP contribution in [0.2, 0.25) is 0 Å². The Bertz CT molecular complexity index is 3700. The first kappa shape index (κ1) is 38.6. The van der Waals surface area contributed by atoms with Gasteiger partial charge in [0.2, 0.25) is 0 Å². The normalized spacial score (nSPS) is 12.8. The molecule has 66 heavy (non-hydrogen) atoms. The van der Waals surface area contributed by atoms with Crippen LogP contribution in [-0.2, 0) is 0 Å². The fourth-order valence-electron chi connectivity index (χ4n) is 11.1. The van der Waals surface area contributed by atoms with Gasteiger partial charge in [0.15, 0.2) is 11.2 Å². The van der Waals surface area contributed by atoms with E-state index in [4.69, 9.17) is 8.83 Å². The fraction of sp³-hybridized carbons (Fsp3) is 0.129. The van der Waals surface area contributed by atoms with Gasteiger partial charge >= 0.3 is 0 Å². The molecule has 1 unspecified atom stereocenters. The molecule has 0 N–H and O–H groups in total. The summed E-state index contributed by atoms with van der Waals surface area (Å²) in [7, 11) is 0. The lowest BCUT2D eigenvalue weighted by Crippen LogP contribution is -2.10. The number of aromatic nitrogens is 2. The van der Waals surface area contributed by atoms with E-state index >= 15 is 0 Å². The molecule has 4 aromatic heterocycles. The third kappa shape index (κ3) is 5.91. The summed E-state index contributed by atoms with van der Waals surface area (Å²) in [5.74, 6) is 1.46. The van der Waals surface area contributed by atoms with Gasteiger partial charge in [-0.25, -0.2) is 0 Å². The molecule has 0 aliphatic heterocycles. The summed E-state index contributed by atoms with van der Waals surface area (Å²) < 4.78 is 18.4. The van der Waals surface area contributed by atoms with Gasteiger partial charge in [0, 0.05) is 43.1 Å². The third-order valence-electron chi connectivity index (χ3n) is 14.2. The summed E-state index contributed by atoms with van der Waals surface area (Å²) in [6.07, 6.45) is 1.12. The minimum absolute atomic E-state index is 0.406. The molecule has 0 aliphatic rings. The SMILES string of the molecule is CC(C)CC(c1cc(-c2ccc3oc4c(-n5c6ccccc6c6ccccc65)cccc4c3c2)cc(-c2ccc3oc4c(-n5c6ccccc6c6ccccc65)cccc4c3c2)c1)C(C)C. The van der Waals surface area contributed by atoms with Crippen molar-refractivity contribution >= 4 is 87.5 Å². The Balaban J connectivity index is 0.972. The van der Waals surface area contributed by atoms with Crippen LogP contribution in [0.4, 0.5) is 0 Å². The summed E-state index contributed by atoms with van der Waals surface area (Å²) in [6.45, 7) is 9.43. The average Bonchev–Trinajstić information content (AvgIpc) is 4.10. The van der Waals surface area contributed by atoms with Gasteiger partial charge in [-0.1, -0.05) is 149 Å². The Kier molecular flexibility index (Phi) is 8.70. The number of hydrogen-bond donors (Lipinski definition) is 0. The standard InChI is InChI=1S/C62H48N2O2/c1-37(2)31-50(38(3)4)43-33-41(39-27-29-59-51(35-39)48-19-13-25-57(61(48)65-59)63-53-21-9-5-15-44(53)45-16-6-10-22-54(45)63)32-42(34-43)40-28-30-60-52(36-40)49-20-14-26-58(62(49)66-60)64-55-23-11-7-17-46(55)47-18-8-12-24-56(47)64/h5-30,32-38,50H,31H2,1-4H3. The summed E-state index contributed by atoms with van der Waals surface area (Å²) in [5, 5.41) is 9.40. The number of para-hydroxylation sites is 6. The largest absolute Gasteiger partial charge is 0.454 e. The Morgan fingerprint density at radius 3 is 1.15 bits per heavy atom. The Morgan fingerprint density at radius 1 is 0.364 bits per heavy atom. The second-order valence-electron chi connectivity index (χ2n) is 19.0. The van der Waals surface area contributed by atoms with Gasteiger partial charge in [-0.05, 0) is 119 Å². The van der Waals surface area contributed by atoms with E-state index in [0.29, 0.717) is 17.8 Å². The molecule has 0 saturated heterocycles. The van der Waals surface area contributed by atoms with Gasteiger partial charge in [-0.15, -0.1) is 0 Å². The summed E-state index contributed by atoms with van der Waals surface area (Å²) in [6, 6.07) is 68.6. The number of hydrogen-bond acceptors (Lipinski definition) is 2. The van der Waals surface area contributed by atoms with E-state index in [-0.39, 0.29) is 0 Å². The predicted molar refractivity (Wildman–Crippen MR) is 278 cm³/mol. The van der Waals surface area contributed by atoms with Crippen molar-refractivity contribution in [1.82, 2.24) is 9.13 Å². The highest BCUT2D eigenvalue weighted by Crippen LogP contribution is 2.43. The maximum Gasteiger partial charge on any atom is 0.159 e. The highest BCUT2D eigenvalue weighted by Gasteiger charge is 2.23. The number of nitrogens with zero attached hydrogens (tertiary/aromatic N) is 2. The molecule has 0 fully saturated rings. The Hall–Kier alpha value is -7.82. The van der Waals surface area contributed by atoms with Crippen LogP contribution in [0, 0.1) is 11.8 Å². The quantitative estimate of drug-likeness (QED) is 0.153. The second kappa shape index (κ2) is 14.9. The average molecular weight is 853 g/mol. The van der Waals surface area contributed by atoms with Crippen LogP contribution in [0.15, 0.2) is 197 Å². The highest BCUT2D eigenvalue weighted by molar-refractivity contribution is 6.15. The van der Waals surface area contributed by atoms with Crippen molar-refractivity contribution in [2.24, 2.45) is 11.8 Å². The van der Waals surface area contributed by atoms with E-state index in [0.717, 1.165) is 61.7 Å². The van der Waals surface area contributed by atoms with Crippen molar-refractivity contribution in [2.75, 3.05) is 0 Å². The van der Waals surface area contributed by atoms with E-state index in [1.165, 1.54) is 71.4 Å². The molecular formula is C62H48N2O2. The van der Waals surface area contributed by atoms with Crippen molar-refractivity contribution in [3.8, 4) is 33.6 Å². The van der Waals surface area contributed by atoms with Crippen LogP contribution >= 0.6 is 0 Å². The Labute approximate surface area is 382 Å². The van der Waals surface area contributed by atoms with Gasteiger partial charge in [-0.2, -0.15) is 0 Å². The zero-order valence-electron chi connectivity index (χ0n) is 37.5. The lowest BCUT2D eigenvalue weighted by atomic mass is 9.80. The van der Waals surface area contributed by atoms with Gasteiger partial charge in [0.05, 0.1) is 33.4 Å². The number of benzene rings is 9. The van der Waals surface area contributed by atoms with Crippen molar-refractivity contribution in [2.45, 2.75) is 40.0 Å². The molecule has 13 aromatic rings. The molecular weight excluding hydrogens is 805 g/mol. The molecule has 4 heterocycles. The predicted octanol–water partition coefficient (Wildman–Crippen LogP) is 17.8. The minimum atomic E-state index is 0.406. The number of fused-ring (bicyclic) bond motifs is 12. The van der Waals surface area contributed by atoms with Crippen molar-refractivity contribution < 1.29 is 8.83 Å². The topological polar surface area (TPSA) is 36.1 Å². The van der Waals surface area contributed by atoms with Gasteiger partial charge in [-0.3, -0.25) is 0 Å². The van der Waals surface area contributed by atoms with Gasteiger partial charge in [0.25, 0.3) is 0 Å². The maximum absolute atomic E-state index is 6.84. The first-order valence-corrected chi connectivity index (χ1v) is 23.4. The zero-order chi connectivity index (χ0) is 44.2. The molecule has 0 bridgehead atoms. The smallest absolute Gasteiger partial charge is 0.159 e. The van der Waals surface area contributed by atoms with Gasteiger partial charge in [0.1, 0.15) is 11.2 Å². The molecule has 1 atom stereocenters. The van der Waals surface area contributed by atoms with Gasteiger partial charge < -0.3 is 18.0 Å². The maximum atomic E-state index is 6.84. The van der Waals surface area contributed by atoms with Crippen LogP contribution < -0.4 is 0 Å². The molecule has 4 nitrogen and oxygen atoms in total. The number of rotatable bonds is 8. The fourth-order valence-corrected chi connectivity index (χ4v) is 11.1. The van der Waals surface area contributed by atoms with Crippen LogP contribution in [0.3, 0.4) is 0 Å². The summed E-state index contributed by atoms with van der Waals surface area (Å²) >= 11 is 0.